The van der Waals surface area contributed by atoms with Gasteiger partial charge in [0, 0.05) is 12.7 Å². The van der Waals surface area contributed by atoms with Crippen LogP contribution in [0.15, 0.2) is 42.5 Å². The van der Waals surface area contributed by atoms with E-state index in [2.05, 4.69) is 0 Å². The van der Waals surface area contributed by atoms with Crippen LogP contribution >= 0.6 is 0 Å². The summed E-state index contributed by atoms with van der Waals surface area (Å²) >= 11 is 0. The van der Waals surface area contributed by atoms with Crippen LogP contribution in [-0.2, 0) is 0 Å². The van der Waals surface area contributed by atoms with Crippen LogP contribution in [0.4, 0.5) is 5.69 Å². The molecule has 5 heteroatoms. The van der Waals surface area contributed by atoms with Crippen molar-refractivity contribution in [2.75, 3.05) is 26.2 Å². The van der Waals surface area contributed by atoms with Gasteiger partial charge in [-0.2, -0.15) is 0 Å². The first-order valence-corrected chi connectivity index (χ1v) is 6.36. The maximum atomic E-state index is 12.6. The molecular formula is C16H17NO4. The van der Waals surface area contributed by atoms with Crippen LogP contribution in [0, 0.1) is 0 Å². The summed E-state index contributed by atoms with van der Waals surface area (Å²) < 4.78 is 10.5. The summed E-state index contributed by atoms with van der Waals surface area (Å²) in [6, 6.07) is 11.5. The average molecular weight is 287 g/mol. The standard InChI is InChI=1S/C16H17NO4/c1-17(11-7-9-12(18)10-8-11)16(19)13-5-4-6-14(20-2)15(13)21-3/h4-10,18H,1-3H3. The van der Waals surface area contributed by atoms with Gasteiger partial charge in [0.2, 0.25) is 0 Å². The molecule has 0 saturated carbocycles. The van der Waals surface area contributed by atoms with Crippen molar-refractivity contribution in [1.82, 2.24) is 0 Å². The van der Waals surface area contributed by atoms with E-state index in [4.69, 9.17) is 9.47 Å². The lowest BCUT2D eigenvalue weighted by Crippen LogP contribution is -2.26. The predicted molar refractivity (Wildman–Crippen MR) is 80.4 cm³/mol. The molecule has 1 amide bonds. The van der Waals surface area contributed by atoms with Gasteiger partial charge in [-0.1, -0.05) is 6.07 Å². The van der Waals surface area contributed by atoms with E-state index in [0.29, 0.717) is 22.7 Å². The summed E-state index contributed by atoms with van der Waals surface area (Å²) in [5, 5.41) is 9.30. The van der Waals surface area contributed by atoms with Crippen LogP contribution in [0.2, 0.25) is 0 Å². The van der Waals surface area contributed by atoms with Crippen LogP contribution in [0.1, 0.15) is 10.4 Å². The quantitative estimate of drug-likeness (QED) is 0.939. The summed E-state index contributed by atoms with van der Waals surface area (Å²) in [6.07, 6.45) is 0. The zero-order valence-corrected chi connectivity index (χ0v) is 12.2. The van der Waals surface area contributed by atoms with Crippen molar-refractivity contribution in [2.45, 2.75) is 0 Å². The minimum Gasteiger partial charge on any atom is -0.508 e. The number of anilines is 1. The molecule has 0 fully saturated rings. The van der Waals surface area contributed by atoms with Gasteiger partial charge < -0.3 is 19.5 Å². The number of hydrogen-bond donors (Lipinski definition) is 1. The number of phenolic OH excluding ortho intramolecular Hbond substituents is 1. The van der Waals surface area contributed by atoms with Crippen LogP contribution in [0.5, 0.6) is 17.2 Å². The van der Waals surface area contributed by atoms with E-state index in [9.17, 15) is 9.90 Å². The largest absolute Gasteiger partial charge is 0.508 e. The Hall–Kier alpha value is -2.69. The topological polar surface area (TPSA) is 59.0 Å². The second-order valence-corrected chi connectivity index (χ2v) is 4.42. The molecule has 0 spiro atoms. The molecule has 0 heterocycles. The molecule has 2 aromatic rings. The fourth-order valence-corrected chi connectivity index (χ4v) is 2.03. The third-order valence-corrected chi connectivity index (χ3v) is 3.17. The highest BCUT2D eigenvalue weighted by atomic mass is 16.5. The zero-order chi connectivity index (χ0) is 15.4. The van der Waals surface area contributed by atoms with Gasteiger partial charge in [0.15, 0.2) is 11.5 Å². The number of hydrogen-bond acceptors (Lipinski definition) is 4. The molecule has 0 radical (unpaired) electrons. The van der Waals surface area contributed by atoms with Crippen molar-refractivity contribution >= 4 is 11.6 Å². The number of methoxy groups -OCH3 is 2. The highest BCUT2D eigenvalue weighted by Crippen LogP contribution is 2.32. The Morgan fingerprint density at radius 1 is 1.05 bits per heavy atom. The van der Waals surface area contributed by atoms with Gasteiger partial charge in [-0.05, 0) is 36.4 Å². The molecule has 0 bridgehead atoms. The van der Waals surface area contributed by atoms with Gasteiger partial charge in [-0.25, -0.2) is 0 Å². The monoisotopic (exact) mass is 287 g/mol. The van der Waals surface area contributed by atoms with E-state index in [1.54, 1.807) is 37.4 Å². The lowest BCUT2D eigenvalue weighted by molar-refractivity contribution is 0.0989. The van der Waals surface area contributed by atoms with Gasteiger partial charge in [0.1, 0.15) is 5.75 Å². The fraction of sp³-hybridized carbons (Fsp3) is 0.188. The van der Waals surface area contributed by atoms with Crippen LogP contribution in [-0.4, -0.2) is 32.3 Å². The first-order chi connectivity index (χ1) is 10.1. The van der Waals surface area contributed by atoms with Crippen LogP contribution < -0.4 is 14.4 Å². The van der Waals surface area contributed by atoms with Gasteiger partial charge in [0.25, 0.3) is 5.91 Å². The normalized spacial score (nSPS) is 10.0. The molecule has 0 unspecified atom stereocenters. The Bertz CT molecular complexity index is 637. The number of aromatic hydroxyl groups is 1. The van der Waals surface area contributed by atoms with Crippen LogP contribution in [0.3, 0.4) is 0 Å². The van der Waals surface area contributed by atoms with Crippen molar-refractivity contribution in [3.05, 3.63) is 48.0 Å². The molecule has 21 heavy (non-hydrogen) atoms. The van der Waals surface area contributed by atoms with E-state index in [0.717, 1.165) is 0 Å². The Kier molecular flexibility index (Phi) is 4.33. The number of amides is 1. The lowest BCUT2D eigenvalue weighted by atomic mass is 10.1. The minimum atomic E-state index is -0.226. The first-order valence-electron chi connectivity index (χ1n) is 6.36. The Morgan fingerprint density at radius 2 is 1.71 bits per heavy atom. The number of phenols is 1. The summed E-state index contributed by atoms with van der Waals surface area (Å²) in [4.78, 5) is 14.1. The zero-order valence-electron chi connectivity index (χ0n) is 12.2. The molecule has 0 aliphatic rings. The summed E-state index contributed by atoms with van der Waals surface area (Å²) in [6.45, 7) is 0. The number of benzene rings is 2. The number of rotatable bonds is 4. The molecule has 0 aliphatic carbocycles. The Morgan fingerprint density at radius 3 is 2.29 bits per heavy atom. The fourth-order valence-electron chi connectivity index (χ4n) is 2.03. The molecule has 0 saturated heterocycles. The number of nitrogens with zero attached hydrogens (tertiary/aromatic N) is 1. The van der Waals surface area contributed by atoms with Gasteiger partial charge in [0.05, 0.1) is 19.8 Å². The molecule has 0 aliphatic heterocycles. The van der Waals surface area contributed by atoms with Crippen molar-refractivity contribution in [2.24, 2.45) is 0 Å². The van der Waals surface area contributed by atoms with E-state index in [-0.39, 0.29) is 11.7 Å². The number of carbonyl (C=O) groups is 1. The molecular weight excluding hydrogens is 270 g/mol. The number of carbonyl (C=O) groups excluding carboxylic acids is 1. The molecule has 0 aromatic heterocycles. The summed E-state index contributed by atoms with van der Waals surface area (Å²) in [7, 11) is 4.68. The van der Waals surface area contributed by atoms with Crippen molar-refractivity contribution < 1.29 is 19.4 Å². The maximum Gasteiger partial charge on any atom is 0.261 e. The van der Waals surface area contributed by atoms with Crippen molar-refractivity contribution in [3.63, 3.8) is 0 Å². The molecule has 1 N–H and O–H groups in total. The van der Waals surface area contributed by atoms with Gasteiger partial charge in [-0.3, -0.25) is 4.79 Å². The lowest BCUT2D eigenvalue weighted by Gasteiger charge is -2.19. The molecule has 5 nitrogen and oxygen atoms in total. The molecule has 0 atom stereocenters. The maximum absolute atomic E-state index is 12.6. The predicted octanol–water partition coefficient (Wildman–Crippen LogP) is 2.69. The second-order valence-electron chi connectivity index (χ2n) is 4.42. The van der Waals surface area contributed by atoms with E-state index < -0.39 is 0 Å². The highest BCUT2D eigenvalue weighted by molar-refractivity contribution is 6.08. The minimum absolute atomic E-state index is 0.151. The second kappa shape index (κ2) is 6.17. The summed E-state index contributed by atoms with van der Waals surface area (Å²) in [5.41, 5.74) is 1.08. The molecule has 110 valence electrons. The summed E-state index contributed by atoms with van der Waals surface area (Å²) in [5.74, 6) is 0.827. The number of ether oxygens (including phenoxy) is 2. The van der Waals surface area contributed by atoms with E-state index in [1.807, 2.05) is 0 Å². The highest BCUT2D eigenvalue weighted by Gasteiger charge is 2.20. The Balaban J connectivity index is 2.37. The van der Waals surface area contributed by atoms with E-state index >= 15 is 0 Å². The van der Waals surface area contributed by atoms with E-state index in [1.165, 1.54) is 31.3 Å². The average Bonchev–Trinajstić information content (AvgIpc) is 2.53. The molecule has 2 rings (SSSR count). The SMILES string of the molecule is COc1cccc(C(=O)N(C)c2ccc(O)cc2)c1OC. The third kappa shape index (κ3) is 2.91. The van der Waals surface area contributed by atoms with Gasteiger partial charge >= 0.3 is 0 Å². The van der Waals surface area contributed by atoms with Crippen molar-refractivity contribution in [3.8, 4) is 17.2 Å². The van der Waals surface area contributed by atoms with Crippen molar-refractivity contribution in [1.29, 1.82) is 0 Å². The smallest absolute Gasteiger partial charge is 0.261 e. The van der Waals surface area contributed by atoms with Gasteiger partial charge in [-0.15, -0.1) is 0 Å². The molecule has 2 aromatic carbocycles. The number of para-hydroxylation sites is 1. The Labute approximate surface area is 123 Å². The van der Waals surface area contributed by atoms with Crippen LogP contribution in [0.25, 0.3) is 0 Å². The third-order valence-electron chi connectivity index (χ3n) is 3.17. The first kappa shape index (κ1) is 14.7.